The standard InChI is InChI=1S/C16H25NO3S/c1-11(2)20-14-7-6-13(10-15(14)19-4)12(3)17-16(18)8-9-21-5/h6-7,10-12H,8-9H2,1-5H3,(H,17,18). The van der Waals surface area contributed by atoms with Crippen LogP contribution in [0.15, 0.2) is 18.2 Å². The van der Waals surface area contributed by atoms with E-state index in [-0.39, 0.29) is 18.1 Å². The van der Waals surface area contributed by atoms with Crippen LogP contribution in [0.4, 0.5) is 0 Å². The van der Waals surface area contributed by atoms with Crippen LogP contribution in [0, 0.1) is 0 Å². The highest BCUT2D eigenvalue weighted by Gasteiger charge is 2.13. The first-order valence-electron chi connectivity index (χ1n) is 7.10. The molecule has 1 rings (SSSR count). The summed E-state index contributed by atoms with van der Waals surface area (Å²) in [5.41, 5.74) is 1.00. The molecule has 0 aliphatic heterocycles. The minimum Gasteiger partial charge on any atom is -0.493 e. The summed E-state index contributed by atoms with van der Waals surface area (Å²) in [5, 5.41) is 2.99. The summed E-state index contributed by atoms with van der Waals surface area (Å²) in [5.74, 6) is 2.31. The molecule has 0 aliphatic rings. The molecule has 5 heteroatoms. The van der Waals surface area contributed by atoms with Crippen LogP contribution in [0.1, 0.15) is 38.8 Å². The van der Waals surface area contributed by atoms with Gasteiger partial charge in [0.2, 0.25) is 5.91 Å². The van der Waals surface area contributed by atoms with Gasteiger partial charge in [-0.3, -0.25) is 4.79 Å². The molecule has 0 spiro atoms. The van der Waals surface area contributed by atoms with Crippen molar-refractivity contribution in [3.8, 4) is 11.5 Å². The van der Waals surface area contributed by atoms with Crippen molar-refractivity contribution >= 4 is 17.7 Å². The lowest BCUT2D eigenvalue weighted by Gasteiger charge is -2.18. The summed E-state index contributed by atoms with van der Waals surface area (Å²) in [6.07, 6.45) is 2.63. The molecule has 0 saturated carbocycles. The maximum absolute atomic E-state index is 11.8. The van der Waals surface area contributed by atoms with E-state index in [4.69, 9.17) is 9.47 Å². The summed E-state index contributed by atoms with van der Waals surface area (Å²) in [6.45, 7) is 5.92. The molecular formula is C16H25NO3S. The molecular weight excluding hydrogens is 286 g/mol. The second-order valence-electron chi connectivity index (χ2n) is 5.11. The molecule has 1 N–H and O–H groups in total. The van der Waals surface area contributed by atoms with E-state index in [0.29, 0.717) is 12.2 Å². The molecule has 4 nitrogen and oxygen atoms in total. The van der Waals surface area contributed by atoms with Crippen LogP contribution < -0.4 is 14.8 Å². The lowest BCUT2D eigenvalue weighted by molar-refractivity contribution is -0.121. The van der Waals surface area contributed by atoms with Gasteiger partial charge in [-0.25, -0.2) is 0 Å². The van der Waals surface area contributed by atoms with Crippen LogP contribution in [0.25, 0.3) is 0 Å². The lowest BCUT2D eigenvalue weighted by Crippen LogP contribution is -2.26. The SMILES string of the molecule is COc1cc(C(C)NC(=O)CCSC)ccc1OC(C)C. The van der Waals surface area contributed by atoms with E-state index in [2.05, 4.69) is 5.32 Å². The van der Waals surface area contributed by atoms with Crippen LogP contribution in [0.2, 0.25) is 0 Å². The highest BCUT2D eigenvalue weighted by Crippen LogP contribution is 2.31. The summed E-state index contributed by atoms with van der Waals surface area (Å²) in [6, 6.07) is 5.71. The molecule has 1 aromatic carbocycles. The molecule has 1 atom stereocenters. The highest BCUT2D eigenvalue weighted by atomic mass is 32.2. The van der Waals surface area contributed by atoms with Crippen LogP contribution in [-0.4, -0.2) is 31.1 Å². The Hall–Kier alpha value is -1.36. The van der Waals surface area contributed by atoms with Crippen molar-refractivity contribution < 1.29 is 14.3 Å². The van der Waals surface area contributed by atoms with Gasteiger partial charge in [0.25, 0.3) is 0 Å². The van der Waals surface area contributed by atoms with E-state index >= 15 is 0 Å². The van der Waals surface area contributed by atoms with Gasteiger partial charge >= 0.3 is 0 Å². The number of amides is 1. The third-order valence-electron chi connectivity index (χ3n) is 2.96. The Morgan fingerprint density at radius 2 is 2.00 bits per heavy atom. The second-order valence-corrected chi connectivity index (χ2v) is 6.09. The van der Waals surface area contributed by atoms with E-state index in [9.17, 15) is 4.79 Å². The molecule has 0 aliphatic carbocycles. The van der Waals surface area contributed by atoms with Crippen LogP contribution >= 0.6 is 11.8 Å². The van der Waals surface area contributed by atoms with E-state index < -0.39 is 0 Å². The quantitative estimate of drug-likeness (QED) is 0.799. The summed E-state index contributed by atoms with van der Waals surface area (Å²) >= 11 is 1.67. The first-order chi connectivity index (χ1) is 9.97. The van der Waals surface area contributed by atoms with Gasteiger partial charge < -0.3 is 14.8 Å². The van der Waals surface area contributed by atoms with Crippen molar-refractivity contribution in [2.75, 3.05) is 19.1 Å². The van der Waals surface area contributed by atoms with E-state index in [0.717, 1.165) is 17.1 Å². The number of methoxy groups -OCH3 is 1. The Morgan fingerprint density at radius 1 is 1.29 bits per heavy atom. The van der Waals surface area contributed by atoms with E-state index in [1.165, 1.54) is 0 Å². The minimum absolute atomic E-state index is 0.0543. The maximum Gasteiger partial charge on any atom is 0.221 e. The fourth-order valence-corrected chi connectivity index (χ4v) is 2.29. The summed E-state index contributed by atoms with van der Waals surface area (Å²) in [4.78, 5) is 11.8. The lowest BCUT2D eigenvalue weighted by atomic mass is 10.1. The molecule has 0 radical (unpaired) electrons. The predicted octanol–water partition coefficient (Wildman–Crippen LogP) is 3.41. The number of rotatable bonds is 8. The van der Waals surface area contributed by atoms with Crippen molar-refractivity contribution in [2.45, 2.75) is 39.3 Å². The summed E-state index contributed by atoms with van der Waals surface area (Å²) in [7, 11) is 1.62. The molecule has 1 amide bonds. The van der Waals surface area contributed by atoms with Gasteiger partial charge in [0.05, 0.1) is 19.3 Å². The molecule has 21 heavy (non-hydrogen) atoms. The fraction of sp³-hybridized carbons (Fsp3) is 0.562. The van der Waals surface area contributed by atoms with Gasteiger partial charge in [-0.15, -0.1) is 0 Å². The van der Waals surface area contributed by atoms with Crippen molar-refractivity contribution in [1.82, 2.24) is 5.32 Å². The van der Waals surface area contributed by atoms with Gasteiger partial charge in [0.1, 0.15) is 0 Å². The third-order valence-corrected chi connectivity index (χ3v) is 3.57. The fourth-order valence-electron chi connectivity index (χ4n) is 1.90. The molecule has 118 valence electrons. The second kappa shape index (κ2) is 8.82. The zero-order chi connectivity index (χ0) is 15.8. The number of carbonyl (C=O) groups excluding carboxylic acids is 1. The zero-order valence-electron chi connectivity index (χ0n) is 13.4. The molecule has 0 heterocycles. The molecule has 0 fully saturated rings. The van der Waals surface area contributed by atoms with Gasteiger partial charge in [0.15, 0.2) is 11.5 Å². The number of hydrogen-bond donors (Lipinski definition) is 1. The topological polar surface area (TPSA) is 47.6 Å². The Morgan fingerprint density at radius 3 is 2.57 bits per heavy atom. The van der Waals surface area contributed by atoms with Crippen molar-refractivity contribution in [3.63, 3.8) is 0 Å². The zero-order valence-corrected chi connectivity index (χ0v) is 14.3. The molecule has 1 aromatic rings. The van der Waals surface area contributed by atoms with Crippen molar-refractivity contribution in [3.05, 3.63) is 23.8 Å². The average Bonchev–Trinajstić information content (AvgIpc) is 2.44. The smallest absolute Gasteiger partial charge is 0.221 e. The highest BCUT2D eigenvalue weighted by molar-refractivity contribution is 7.98. The normalized spacial score (nSPS) is 12.1. The Balaban J connectivity index is 2.76. The van der Waals surface area contributed by atoms with Gasteiger partial charge in [0, 0.05) is 12.2 Å². The summed E-state index contributed by atoms with van der Waals surface area (Å²) < 4.78 is 11.1. The number of carbonyl (C=O) groups is 1. The Bertz CT molecular complexity index is 463. The largest absolute Gasteiger partial charge is 0.493 e. The van der Waals surface area contributed by atoms with Crippen molar-refractivity contribution in [1.29, 1.82) is 0 Å². The van der Waals surface area contributed by atoms with Crippen LogP contribution in [0.5, 0.6) is 11.5 Å². The van der Waals surface area contributed by atoms with Crippen LogP contribution in [-0.2, 0) is 4.79 Å². The van der Waals surface area contributed by atoms with E-state index in [1.807, 2.05) is 45.2 Å². The maximum atomic E-state index is 11.8. The number of benzene rings is 1. The van der Waals surface area contributed by atoms with Crippen LogP contribution in [0.3, 0.4) is 0 Å². The molecule has 0 saturated heterocycles. The van der Waals surface area contributed by atoms with E-state index in [1.54, 1.807) is 18.9 Å². The number of thioether (sulfide) groups is 1. The molecule has 1 unspecified atom stereocenters. The molecule has 0 bridgehead atoms. The minimum atomic E-state index is -0.0543. The first-order valence-corrected chi connectivity index (χ1v) is 8.50. The average molecular weight is 311 g/mol. The molecule has 0 aromatic heterocycles. The predicted molar refractivity (Wildman–Crippen MR) is 88.3 cm³/mol. The number of ether oxygens (including phenoxy) is 2. The first kappa shape index (κ1) is 17.7. The Labute approximate surface area is 131 Å². The third kappa shape index (κ3) is 5.87. The number of hydrogen-bond acceptors (Lipinski definition) is 4. The monoisotopic (exact) mass is 311 g/mol. The van der Waals surface area contributed by atoms with Gasteiger partial charge in [-0.1, -0.05) is 6.07 Å². The van der Waals surface area contributed by atoms with Gasteiger partial charge in [-0.2, -0.15) is 11.8 Å². The number of nitrogens with one attached hydrogen (secondary N) is 1. The van der Waals surface area contributed by atoms with Gasteiger partial charge in [-0.05, 0) is 44.7 Å². The van der Waals surface area contributed by atoms with Crippen molar-refractivity contribution in [2.24, 2.45) is 0 Å². The Kier molecular flexibility index (Phi) is 7.43.